The van der Waals surface area contributed by atoms with Crippen LogP contribution in [-0.2, 0) is 0 Å². The van der Waals surface area contributed by atoms with Crippen molar-refractivity contribution >= 4 is 17.6 Å². The van der Waals surface area contributed by atoms with Crippen molar-refractivity contribution in [3.63, 3.8) is 0 Å². The van der Waals surface area contributed by atoms with E-state index < -0.39 is 11.6 Å². The Balaban J connectivity index is 2.35. The van der Waals surface area contributed by atoms with Crippen LogP contribution in [0.5, 0.6) is 0 Å². The van der Waals surface area contributed by atoms with Crippen molar-refractivity contribution in [1.82, 2.24) is 4.98 Å². The molecule has 0 aliphatic carbocycles. The molecule has 0 aliphatic rings. The molecule has 0 aliphatic heterocycles. The normalized spacial score (nSPS) is 11.6. The molecule has 4 nitrogen and oxygen atoms in total. The number of halogens is 2. The van der Waals surface area contributed by atoms with Crippen LogP contribution < -0.4 is 5.73 Å². The number of nitrogens with two attached hydrogens (primary N) is 1. The fourth-order valence-corrected chi connectivity index (χ4v) is 2.29. The summed E-state index contributed by atoms with van der Waals surface area (Å²) >= 11 is 1.09. The van der Waals surface area contributed by atoms with Crippen molar-refractivity contribution in [3.05, 3.63) is 53.7 Å². The lowest BCUT2D eigenvalue weighted by Crippen LogP contribution is -2.14. The maximum Gasteiger partial charge on any atom is 0.172 e. The monoisotopic (exact) mass is 281 g/mol. The van der Waals surface area contributed by atoms with Crippen LogP contribution in [0.15, 0.2) is 51.6 Å². The molecule has 3 N–H and O–H groups in total. The molecular formula is C12H9F2N3OS. The lowest BCUT2D eigenvalue weighted by Gasteiger charge is -2.06. The molecule has 1 heterocycles. The van der Waals surface area contributed by atoms with Crippen molar-refractivity contribution in [2.75, 3.05) is 0 Å². The number of hydrogen-bond donors (Lipinski definition) is 2. The van der Waals surface area contributed by atoms with E-state index in [4.69, 9.17) is 10.9 Å². The number of hydrogen-bond acceptors (Lipinski definition) is 4. The van der Waals surface area contributed by atoms with E-state index in [0.717, 1.165) is 23.9 Å². The Morgan fingerprint density at radius 2 is 2.05 bits per heavy atom. The van der Waals surface area contributed by atoms with Gasteiger partial charge < -0.3 is 10.9 Å². The van der Waals surface area contributed by atoms with E-state index in [1.165, 1.54) is 12.3 Å². The Morgan fingerprint density at radius 3 is 2.74 bits per heavy atom. The molecule has 0 amide bonds. The molecule has 0 fully saturated rings. The Bertz CT molecular complexity index is 634. The highest BCUT2D eigenvalue weighted by atomic mass is 32.2. The maximum atomic E-state index is 13.1. The van der Waals surface area contributed by atoms with Crippen molar-refractivity contribution in [1.29, 1.82) is 0 Å². The molecule has 2 rings (SSSR count). The van der Waals surface area contributed by atoms with Gasteiger partial charge in [-0.15, -0.1) is 0 Å². The van der Waals surface area contributed by atoms with E-state index in [2.05, 4.69) is 10.1 Å². The minimum Gasteiger partial charge on any atom is -0.409 e. The fraction of sp³-hybridized carbons (Fsp3) is 0. The predicted octanol–water partition coefficient (Wildman–Crippen LogP) is 2.61. The highest BCUT2D eigenvalue weighted by Gasteiger charge is 2.11. The summed E-state index contributed by atoms with van der Waals surface area (Å²) in [5.74, 6) is -1.95. The second-order valence-electron chi connectivity index (χ2n) is 3.52. The standard InChI is InChI=1S/C12H9F2N3OS/c13-9-4-3-7(6-10(9)14)19-12-8(11(15)17-18)2-1-5-16-12/h1-6,18H,(H2,15,17). The fourth-order valence-electron chi connectivity index (χ4n) is 1.37. The van der Waals surface area contributed by atoms with Crippen LogP contribution >= 0.6 is 11.8 Å². The summed E-state index contributed by atoms with van der Waals surface area (Å²) < 4.78 is 25.9. The van der Waals surface area contributed by atoms with Gasteiger partial charge in [0.05, 0.1) is 5.56 Å². The topological polar surface area (TPSA) is 71.5 Å². The van der Waals surface area contributed by atoms with Crippen molar-refractivity contribution < 1.29 is 14.0 Å². The van der Waals surface area contributed by atoms with Crippen LogP contribution in [0.1, 0.15) is 5.56 Å². The summed E-state index contributed by atoms with van der Waals surface area (Å²) in [5.41, 5.74) is 5.93. The van der Waals surface area contributed by atoms with E-state index >= 15 is 0 Å². The minimum atomic E-state index is -0.939. The van der Waals surface area contributed by atoms with Gasteiger partial charge in [0.2, 0.25) is 0 Å². The van der Waals surface area contributed by atoms with Gasteiger partial charge >= 0.3 is 0 Å². The summed E-state index contributed by atoms with van der Waals surface area (Å²) in [6.45, 7) is 0. The Labute approximate surface area is 112 Å². The van der Waals surface area contributed by atoms with Gasteiger partial charge in [-0.3, -0.25) is 0 Å². The van der Waals surface area contributed by atoms with Gasteiger partial charge in [0, 0.05) is 11.1 Å². The molecule has 0 saturated heterocycles. The van der Waals surface area contributed by atoms with Gasteiger partial charge in [0.15, 0.2) is 17.5 Å². The van der Waals surface area contributed by atoms with Gasteiger partial charge in [-0.05, 0) is 30.3 Å². The van der Waals surface area contributed by atoms with Gasteiger partial charge in [0.25, 0.3) is 0 Å². The lowest BCUT2D eigenvalue weighted by atomic mass is 10.3. The summed E-state index contributed by atoms with van der Waals surface area (Å²) in [5, 5.41) is 12.0. The first-order chi connectivity index (χ1) is 9.11. The number of aromatic nitrogens is 1. The first-order valence-corrected chi connectivity index (χ1v) is 5.99. The second-order valence-corrected chi connectivity index (χ2v) is 4.58. The molecular weight excluding hydrogens is 272 g/mol. The Kier molecular flexibility index (Phi) is 3.96. The van der Waals surface area contributed by atoms with Gasteiger partial charge in [0.1, 0.15) is 5.03 Å². The minimum absolute atomic E-state index is 0.0989. The molecule has 2 aromatic rings. The number of pyridine rings is 1. The summed E-state index contributed by atoms with van der Waals surface area (Å²) in [7, 11) is 0. The number of rotatable bonds is 3. The first kappa shape index (κ1) is 13.3. The number of amidine groups is 1. The smallest absolute Gasteiger partial charge is 0.172 e. The molecule has 19 heavy (non-hydrogen) atoms. The largest absolute Gasteiger partial charge is 0.409 e. The summed E-state index contributed by atoms with van der Waals surface area (Å²) in [4.78, 5) is 4.53. The van der Waals surface area contributed by atoms with Crippen LogP contribution in [0.2, 0.25) is 0 Å². The molecule has 0 radical (unpaired) electrons. The molecule has 1 aromatic carbocycles. The first-order valence-electron chi connectivity index (χ1n) is 5.17. The van der Waals surface area contributed by atoms with Gasteiger partial charge in [-0.1, -0.05) is 16.9 Å². The third-order valence-electron chi connectivity index (χ3n) is 2.26. The predicted molar refractivity (Wildman–Crippen MR) is 67.2 cm³/mol. The van der Waals surface area contributed by atoms with Crippen molar-refractivity contribution in [2.24, 2.45) is 10.9 Å². The number of nitrogens with zero attached hydrogens (tertiary/aromatic N) is 2. The number of benzene rings is 1. The highest BCUT2D eigenvalue weighted by Crippen LogP contribution is 2.29. The zero-order valence-corrected chi connectivity index (χ0v) is 10.4. The highest BCUT2D eigenvalue weighted by molar-refractivity contribution is 7.99. The van der Waals surface area contributed by atoms with Crippen LogP contribution in [0.3, 0.4) is 0 Å². The molecule has 0 saturated carbocycles. The number of oxime groups is 1. The lowest BCUT2D eigenvalue weighted by molar-refractivity contribution is 0.318. The Morgan fingerprint density at radius 1 is 1.26 bits per heavy atom. The van der Waals surface area contributed by atoms with Gasteiger partial charge in [-0.25, -0.2) is 13.8 Å². The van der Waals surface area contributed by atoms with Crippen molar-refractivity contribution in [3.8, 4) is 0 Å². The second kappa shape index (κ2) is 5.66. The molecule has 98 valence electrons. The van der Waals surface area contributed by atoms with E-state index in [0.29, 0.717) is 15.5 Å². The van der Waals surface area contributed by atoms with Crippen LogP contribution in [0, 0.1) is 11.6 Å². The zero-order valence-electron chi connectivity index (χ0n) is 9.55. The third kappa shape index (κ3) is 3.00. The quantitative estimate of drug-likeness (QED) is 0.392. The SMILES string of the molecule is N/C(=N\O)c1cccnc1Sc1ccc(F)c(F)c1. The average Bonchev–Trinajstić information content (AvgIpc) is 2.43. The Hall–Kier alpha value is -2.15. The zero-order chi connectivity index (χ0) is 13.8. The van der Waals surface area contributed by atoms with E-state index in [1.807, 2.05) is 0 Å². The molecule has 0 atom stereocenters. The summed E-state index contributed by atoms with van der Waals surface area (Å²) in [6, 6.07) is 6.76. The third-order valence-corrected chi connectivity index (χ3v) is 3.27. The van der Waals surface area contributed by atoms with E-state index in [9.17, 15) is 8.78 Å². The molecule has 0 bridgehead atoms. The van der Waals surface area contributed by atoms with E-state index in [1.54, 1.807) is 12.1 Å². The van der Waals surface area contributed by atoms with Crippen molar-refractivity contribution in [2.45, 2.75) is 9.92 Å². The van der Waals surface area contributed by atoms with Crippen LogP contribution in [0.4, 0.5) is 8.78 Å². The molecule has 1 aromatic heterocycles. The molecule has 0 unspecified atom stereocenters. The van der Waals surface area contributed by atoms with Crippen LogP contribution in [0.25, 0.3) is 0 Å². The maximum absolute atomic E-state index is 13.1. The molecule has 7 heteroatoms. The average molecular weight is 281 g/mol. The van der Waals surface area contributed by atoms with Crippen LogP contribution in [-0.4, -0.2) is 16.0 Å². The van der Waals surface area contributed by atoms with Gasteiger partial charge in [-0.2, -0.15) is 0 Å². The molecule has 0 spiro atoms. The van der Waals surface area contributed by atoms with E-state index in [-0.39, 0.29) is 5.84 Å². The summed E-state index contributed by atoms with van der Waals surface area (Å²) in [6.07, 6.45) is 1.52.